The van der Waals surface area contributed by atoms with Gasteiger partial charge in [-0.3, -0.25) is 14.5 Å². The Kier molecular flexibility index (Phi) is 6.48. The zero-order valence-corrected chi connectivity index (χ0v) is 20.5. The summed E-state index contributed by atoms with van der Waals surface area (Å²) in [6.45, 7) is 3.69. The lowest BCUT2D eigenvalue weighted by Crippen LogP contribution is -2.49. The third-order valence-electron chi connectivity index (χ3n) is 6.53. The molecule has 3 amide bonds. The van der Waals surface area contributed by atoms with Crippen LogP contribution in [0.3, 0.4) is 0 Å². The molecule has 36 heavy (non-hydrogen) atoms. The summed E-state index contributed by atoms with van der Waals surface area (Å²) in [7, 11) is 0. The van der Waals surface area contributed by atoms with Gasteiger partial charge < -0.3 is 24.3 Å². The number of ether oxygens (including phenoxy) is 1. The van der Waals surface area contributed by atoms with Gasteiger partial charge in [0.2, 0.25) is 0 Å². The van der Waals surface area contributed by atoms with E-state index < -0.39 is 23.3 Å². The zero-order chi connectivity index (χ0) is 25.4. The number of hydrogen-bond acceptors (Lipinski definition) is 6. The molecule has 2 aliphatic rings. The SMILES string of the molecule is Cc1c(N2C[C@H](CNC(=O)S)OC2=O)ccc(N2CCN(C(=O)c3cc4ccccc4o3)CC2)c1F. The number of nitrogens with zero attached hydrogens (tertiary/aromatic N) is 3. The second-order valence-corrected chi connectivity index (χ2v) is 9.18. The Hall–Kier alpha value is -3.73. The lowest BCUT2D eigenvalue weighted by Gasteiger charge is -2.36. The van der Waals surface area contributed by atoms with Crippen LogP contribution in [0.4, 0.5) is 25.4 Å². The van der Waals surface area contributed by atoms with Crippen LogP contribution in [0.1, 0.15) is 16.1 Å². The van der Waals surface area contributed by atoms with E-state index in [0.717, 1.165) is 5.39 Å². The fraction of sp³-hybridized carbons (Fsp3) is 0.320. The summed E-state index contributed by atoms with van der Waals surface area (Å²) in [6, 6.07) is 12.5. The zero-order valence-electron chi connectivity index (χ0n) is 19.6. The molecule has 0 bridgehead atoms. The minimum Gasteiger partial charge on any atom is -0.451 e. The molecule has 5 rings (SSSR count). The van der Waals surface area contributed by atoms with E-state index in [0.29, 0.717) is 54.5 Å². The van der Waals surface area contributed by atoms with E-state index in [-0.39, 0.29) is 19.0 Å². The highest BCUT2D eigenvalue weighted by atomic mass is 32.1. The molecule has 1 aromatic heterocycles. The normalized spacial score (nSPS) is 18.0. The predicted molar refractivity (Wildman–Crippen MR) is 135 cm³/mol. The van der Waals surface area contributed by atoms with Crippen molar-refractivity contribution in [1.82, 2.24) is 10.2 Å². The predicted octanol–water partition coefficient (Wildman–Crippen LogP) is 3.81. The molecule has 1 N–H and O–H groups in total. The number of rotatable bonds is 5. The highest BCUT2D eigenvalue weighted by Gasteiger charge is 2.34. The van der Waals surface area contributed by atoms with Crippen molar-refractivity contribution in [3.05, 3.63) is 59.6 Å². The largest absolute Gasteiger partial charge is 0.451 e. The molecule has 9 nitrogen and oxygen atoms in total. The van der Waals surface area contributed by atoms with Gasteiger partial charge in [-0.25, -0.2) is 9.18 Å². The van der Waals surface area contributed by atoms with Gasteiger partial charge in [0.25, 0.3) is 11.1 Å². The number of benzene rings is 2. The quantitative estimate of drug-likeness (QED) is 0.505. The Bertz CT molecular complexity index is 1300. The Morgan fingerprint density at radius 2 is 1.83 bits per heavy atom. The summed E-state index contributed by atoms with van der Waals surface area (Å²) >= 11 is 3.64. The first kappa shape index (κ1) is 24.0. The smallest absolute Gasteiger partial charge is 0.414 e. The van der Waals surface area contributed by atoms with Crippen molar-refractivity contribution in [2.75, 3.05) is 49.1 Å². The van der Waals surface area contributed by atoms with E-state index in [1.54, 1.807) is 30.0 Å². The molecule has 2 aromatic carbocycles. The number of fused-ring (bicyclic) bond motifs is 1. The lowest BCUT2D eigenvalue weighted by atomic mass is 10.1. The standard InChI is InChI=1S/C25H25FN4O5S/c1-15-18(30-14-17(34-25(30)33)13-27-24(32)36)6-7-19(22(15)26)28-8-10-29(11-9-28)23(31)21-12-16-4-2-3-5-20(16)35-21/h2-7,12,17H,8-11,13-14H2,1H3,(H2,27,32,36)/t17-/m0/s1. The van der Waals surface area contributed by atoms with Crippen LogP contribution >= 0.6 is 12.6 Å². The number of para-hydroxylation sites is 1. The number of nitrogens with one attached hydrogen (secondary N) is 1. The minimum atomic E-state index is -0.596. The maximum absolute atomic E-state index is 15.4. The number of hydrogen-bond donors (Lipinski definition) is 2. The van der Waals surface area contributed by atoms with Gasteiger partial charge in [0.1, 0.15) is 11.7 Å². The average Bonchev–Trinajstić information content (AvgIpc) is 3.47. The highest BCUT2D eigenvalue weighted by molar-refractivity contribution is 7.96. The number of anilines is 2. The van der Waals surface area contributed by atoms with Crippen molar-refractivity contribution in [2.45, 2.75) is 13.0 Å². The average molecular weight is 513 g/mol. The van der Waals surface area contributed by atoms with Crippen LogP contribution in [0.15, 0.2) is 46.9 Å². The number of amides is 3. The summed E-state index contributed by atoms with van der Waals surface area (Å²) in [5.74, 6) is -0.320. The number of thiol groups is 1. The summed E-state index contributed by atoms with van der Waals surface area (Å²) in [5, 5.41) is 2.85. The topological polar surface area (TPSA) is 95.3 Å². The molecule has 0 spiro atoms. The molecule has 11 heteroatoms. The highest BCUT2D eigenvalue weighted by Crippen LogP contribution is 2.33. The molecular weight excluding hydrogens is 487 g/mol. The lowest BCUT2D eigenvalue weighted by molar-refractivity contribution is 0.0717. The number of carbonyl (C=O) groups is 3. The summed E-state index contributed by atoms with van der Waals surface area (Å²) in [4.78, 5) is 41.2. The third-order valence-corrected chi connectivity index (χ3v) is 6.69. The van der Waals surface area contributed by atoms with Crippen molar-refractivity contribution in [3.63, 3.8) is 0 Å². The van der Waals surface area contributed by atoms with E-state index in [9.17, 15) is 14.4 Å². The molecular formula is C25H25FN4O5S. The molecule has 3 aromatic rings. The second kappa shape index (κ2) is 9.73. The minimum absolute atomic E-state index is 0.126. The van der Waals surface area contributed by atoms with E-state index >= 15 is 4.39 Å². The van der Waals surface area contributed by atoms with Crippen LogP contribution in [0.5, 0.6) is 0 Å². The van der Waals surface area contributed by atoms with Gasteiger partial charge in [-0.05, 0) is 31.2 Å². The summed E-state index contributed by atoms with van der Waals surface area (Å²) in [6.07, 6.45) is -1.14. The van der Waals surface area contributed by atoms with Crippen LogP contribution in [0, 0.1) is 12.7 Å². The van der Waals surface area contributed by atoms with Crippen molar-refractivity contribution in [3.8, 4) is 0 Å². The Morgan fingerprint density at radius 1 is 1.11 bits per heavy atom. The van der Waals surface area contributed by atoms with Crippen LogP contribution in [0.2, 0.25) is 0 Å². The van der Waals surface area contributed by atoms with E-state index in [1.807, 2.05) is 29.2 Å². The van der Waals surface area contributed by atoms with Crippen LogP contribution < -0.4 is 15.1 Å². The maximum atomic E-state index is 15.4. The van der Waals surface area contributed by atoms with Crippen molar-refractivity contribution in [1.29, 1.82) is 0 Å². The molecule has 2 aliphatic heterocycles. The molecule has 0 aliphatic carbocycles. The number of furan rings is 1. The first-order valence-corrected chi connectivity index (χ1v) is 12.0. The molecule has 3 heterocycles. The summed E-state index contributed by atoms with van der Waals surface area (Å²) in [5.41, 5.74) is 1.82. The van der Waals surface area contributed by atoms with Gasteiger partial charge in [0.05, 0.1) is 24.5 Å². The molecule has 2 saturated heterocycles. The van der Waals surface area contributed by atoms with Crippen LogP contribution in [-0.2, 0) is 4.74 Å². The molecule has 188 valence electrons. The second-order valence-electron chi connectivity index (χ2n) is 8.77. The number of cyclic esters (lactones) is 1. The van der Waals surface area contributed by atoms with Gasteiger partial charge in [0, 0.05) is 37.1 Å². The molecule has 0 radical (unpaired) electrons. The number of halogens is 1. The van der Waals surface area contributed by atoms with Gasteiger partial charge >= 0.3 is 6.09 Å². The van der Waals surface area contributed by atoms with Gasteiger partial charge in [-0.2, -0.15) is 0 Å². The van der Waals surface area contributed by atoms with Crippen LogP contribution in [0.25, 0.3) is 11.0 Å². The Morgan fingerprint density at radius 3 is 2.56 bits per heavy atom. The maximum Gasteiger partial charge on any atom is 0.414 e. The number of piperazine rings is 1. The molecule has 0 unspecified atom stereocenters. The van der Waals surface area contributed by atoms with Crippen molar-refractivity contribution in [2.24, 2.45) is 0 Å². The van der Waals surface area contributed by atoms with Gasteiger partial charge in [0.15, 0.2) is 11.6 Å². The van der Waals surface area contributed by atoms with Crippen LogP contribution in [-0.4, -0.2) is 67.5 Å². The van der Waals surface area contributed by atoms with E-state index in [4.69, 9.17) is 9.15 Å². The Labute approximate surface area is 212 Å². The first-order chi connectivity index (χ1) is 17.3. The molecule has 2 fully saturated rings. The van der Waals surface area contributed by atoms with E-state index in [2.05, 4.69) is 17.9 Å². The third kappa shape index (κ3) is 4.58. The fourth-order valence-corrected chi connectivity index (χ4v) is 4.71. The van der Waals surface area contributed by atoms with Crippen molar-refractivity contribution >= 4 is 52.2 Å². The van der Waals surface area contributed by atoms with Gasteiger partial charge in [-0.15, -0.1) is 0 Å². The first-order valence-electron chi connectivity index (χ1n) is 11.6. The molecule has 1 atom stereocenters. The van der Waals surface area contributed by atoms with Gasteiger partial charge in [-0.1, -0.05) is 30.8 Å². The summed E-state index contributed by atoms with van der Waals surface area (Å²) < 4.78 is 26.4. The van der Waals surface area contributed by atoms with E-state index in [1.165, 1.54) is 4.90 Å². The molecule has 0 saturated carbocycles. The van der Waals surface area contributed by atoms with Crippen molar-refractivity contribution < 1.29 is 27.9 Å². The number of carbonyl (C=O) groups excluding carboxylic acids is 3. The monoisotopic (exact) mass is 512 g/mol. The Balaban J connectivity index is 1.25. The fourth-order valence-electron chi connectivity index (χ4n) is 4.62.